The molecule has 6 heteroatoms. The Morgan fingerprint density at radius 2 is 2.11 bits per heavy atom. The topological polar surface area (TPSA) is 71.2 Å². The quantitative estimate of drug-likeness (QED) is 0.518. The molecule has 27 heavy (non-hydrogen) atoms. The molecular weight excluding hydrogens is 364 g/mol. The molecular formula is C21H19ClN2O3. The largest absolute Gasteiger partial charge is 0.426 e. The lowest BCUT2D eigenvalue weighted by Gasteiger charge is -2.23. The van der Waals surface area contributed by atoms with Gasteiger partial charge >= 0.3 is 5.97 Å². The van der Waals surface area contributed by atoms with Crippen molar-refractivity contribution in [3.8, 4) is 5.75 Å². The summed E-state index contributed by atoms with van der Waals surface area (Å²) in [5, 5.41) is 4.72. The van der Waals surface area contributed by atoms with Crippen molar-refractivity contribution in [2.45, 2.75) is 25.2 Å². The first-order chi connectivity index (χ1) is 13.1. The SMILES string of the molecule is O=C(C[C@@H]1CC(=O)Oc2ccccc21)NCCc1c[nH]c2ccc(Cl)cc12. The van der Waals surface area contributed by atoms with Gasteiger partial charge < -0.3 is 15.0 Å². The van der Waals surface area contributed by atoms with Crippen molar-refractivity contribution in [1.82, 2.24) is 10.3 Å². The summed E-state index contributed by atoms with van der Waals surface area (Å²) >= 11 is 6.07. The third-order valence-electron chi connectivity index (χ3n) is 4.87. The summed E-state index contributed by atoms with van der Waals surface area (Å²) in [5.41, 5.74) is 3.05. The smallest absolute Gasteiger partial charge is 0.311 e. The normalized spacial score (nSPS) is 16.0. The van der Waals surface area contributed by atoms with Crippen molar-refractivity contribution in [3.63, 3.8) is 0 Å². The third kappa shape index (κ3) is 3.83. The van der Waals surface area contributed by atoms with E-state index in [4.69, 9.17) is 16.3 Å². The van der Waals surface area contributed by atoms with E-state index in [1.165, 1.54) is 0 Å². The Hall–Kier alpha value is -2.79. The van der Waals surface area contributed by atoms with Gasteiger partial charge in [-0.25, -0.2) is 0 Å². The molecule has 2 heterocycles. The van der Waals surface area contributed by atoms with E-state index in [-0.39, 0.29) is 30.6 Å². The highest BCUT2D eigenvalue weighted by molar-refractivity contribution is 6.31. The molecule has 2 N–H and O–H groups in total. The lowest BCUT2D eigenvalue weighted by atomic mass is 9.89. The van der Waals surface area contributed by atoms with E-state index < -0.39 is 0 Å². The number of rotatable bonds is 5. The second-order valence-electron chi connectivity index (χ2n) is 6.72. The number of fused-ring (bicyclic) bond motifs is 2. The van der Waals surface area contributed by atoms with Gasteiger partial charge in [-0.15, -0.1) is 0 Å². The van der Waals surface area contributed by atoms with E-state index in [0.29, 0.717) is 23.7 Å². The average Bonchev–Trinajstić information content (AvgIpc) is 3.04. The van der Waals surface area contributed by atoms with Crippen LogP contribution in [0.2, 0.25) is 5.02 Å². The van der Waals surface area contributed by atoms with Crippen molar-refractivity contribution in [2.75, 3.05) is 6.54 Å². The molecule has 3 aromatic rings. The van der Waals surface area contributed by atoms with Gasteiger partial charge in [0, 0.05) is 41.0 Å². The lowest BCUT2D eigenvalue weighted by molar-refractivity contribution is -0.136. The van der Waals surface area contributed by atoms with Crippen LogP contribution in [0.25, 0.3) is 10.9 Å². The van der Waals surface area contributed by atoms with Gasteiger partial charge in [0.05, 0.1) is 6.42 Å². The number of carbonyl (C=O) groups is 2. The highest BCUT2D eigenvalue weighted by Crippen LogP contribution is 2.35. The van der Waals surface area contributed by atoms with Gasteiger partial charge in [-0.2, -0.15) is 0 Å². The van der Waals surface area contributed by atoms with Gasteiger partial charge in [-0.05, 0) is 41.8 Å². The van der Waals surface area contributed by atoms with E-state index in [1.54, 1.807) is 6.07 Å². The maximum Gasteiger partial charge on any atom is 0.311 e. The number of hydrogen-bond acceptors (Lipinski definition) is 3. The maximum atomic E-state index is 12.4. The van der Waals surface area contributed by atoms with Gasteiger partial charge in [0.2, 0.25) is 5.91 Å². The van der Waals surface area contributed by atoms with Crippen LogP contribution < -0.4 is 10.1 Å². The van der Waals surface area contributed by atoms with Crippen molar-refractivity contribution < 1.29 is 14.3 Å². The molecule has 1 aliphatic rings. The second kappa shape index (κ2) is 7.45. The summed E-state index contributed by atoms with van der Waals surface area (Å²) in [6.07, 6.45) is 3.15. The number of aromatic nitrogens is 1. The first-order valence-corrected chi connectivity index (χ1v) is 9.30. The highest BCUT2D eigenvalue weighted by Gasteiger charge is 2.28. The molecule has 0 radical (unpaired) electrons. The number of carbonyl (C=O) groups excluding carboxylic acids is 2. The van der Waals surface area contributed by atoms with E-state index in [2.05, 4.69) is 10.3 Å². The fourth-order valence-corrected chi connectivity index (χ4v) is 3.73. The fraction of sp³-hybridized carbons (Fsp3) is 0.238. The van der Waals surface area contributed by atoms with E-state index in [0.717, 1.165) is 22.0 Å². The van der Waals surface area contributed by atoms with Gasteiger partial charge in [0.25, 0.3) is 0 Å². The summed E-state index contributed by atoms with van der Waals surface area (Å²) in [6.45, 7) is 0.525. The zero-order valence-corrected chi connectivity index (χ0v) is 15.4. The minimum atomic E-state index is -0.290. The van der Waals surface area contributed by atoms with Crippen LogP contribution in [-0.2, 0) is 16.0 Å². The molecule has 1 aromatic heterocycles. The van der Waals surface area contributed by atoms with Crippen LogP contribution in [0, 0.1) is 0 Å². The second-order valence-corrected chi connectivity index (χ2v) is 7.16. The molecule has 0 aliphatic carbocycles. The Morgan fingerprint density at radius 1 is 1.26 bits per heavy atom. The van der Waals surface area contributed by atoms with Crippen molar-refractivity contribution in [3.05, 3.63) is 64.8 Å². The molecule has 0 saturated heterocycles. The van der Waals surface area contributed by atoms with Gasteiger partial charge in [-0.3, -0.25) is 9.59 Å². The highest BCUT2D eigenvalue weighted by atomic mass is 35.5. The fourth-order valence-electron chi connectivity index (χ4n) is 3.56. The number of nitrogens with one attached hydrogen (secondary N) is 2. The van der Waals surface area contributed by atoms with E-state index in [9.17, 15) is 9.59 Å². The van der Waals surface area contributed by atoms with Gasteiger partial charge in [-0.1, -0.05) is 29.8 Å². The standard InChI is InChI=1S/C21H19ClN2O3/c22-15-5-6-18-17(11-15)13(12-24-18)7-8-23-20(25)9-14-10-21(26)27-19-4-2-1-3-16(14)19/h1-6,11-12,14,24H,7-10H2,(H,23,25)/t14-/m1/s1. The van der Waals surface area contributed by atoms with Crippen LogP contribution >= 0.6 is 11.6 Å². The molecule has 0 saturated carbocycles. The average molecular weight is 383 g/mol. The molecule has 1 aliphatic heterocycles. The van der Waals surface area contributed by atoms with Crippen LogP contribution in [0.15, 0.2) is 48.7 Å². The number of ether oxygens (including phenoxy) is 1. The lowest BCUT2D eigenvalue weighted by Crippen LogP contribution is -2.29. The minimum Gasteiger partial charge on any atom is -0.426 e. The molecule has 0 spiro atoms. The van der Waals surface area contributed by atoms with Crippen LogP contribution in [0.1, 0.15) is 29.9 Å². The van der Waals surface area contributed by atoms with Gasteiger partial charge in [0.1, 0.15) is 5.75 Å². The molecule has 1 amide bonds. The molecule has 0 bridgehead atoms. The first-order valence-electron chi connectivity index (χ1n) is 8.92. The molecule has 1 atom stereocenters. The molecule has 5 nitrogen and oxygen atoms in total. The van der Waals surface area contributed by atoms with Crippen molar-refractivity contribution in [2.24, 2.45) is 0 Å². The van der Waals surface area contributed by atoms with Crippen LogP contribution in [0.4, 0.5) is 0 Å². The number of hydrogen-bond donors (Lipinski definition) is 2. The Kier molecular flexibility index (Phi) is 4.86. The van der Waals surface area contributed by atoms with Crippen LogP contribution in [0.3, 0.4) is 0 Å². The molecule has 138 valence electrons. The Labute approximate surface area is 161 Å². The van der Waals surface area contributed by atoms with E-state index >= 15 is 0 Å². The van der Waals surface area contributed by atoms with E-state index in [1.807, 2.05) is 42.6 Å². The van der Waals surface area contributed by atoms with Crippen molar-refractivity contribution in [1.29, 1.82) is 0 Å². The maximum absolute atomic E-state index is 12.4. The molecule has 0 unspecified atom stereocenters. The minimum absolute atomic E-state index is 0.0672. The number of benzene rings is 2. The number of para-hydroxylation sites is 1. The zero-order chi connectivity index (χ0) is 18.8. The van der Waals surface area contributed by atoms with Crippen LogP contribution in [-0.4, -0.2) is 23.4 Å². The summed E-state index contributed by atoms with van der Waals surface area (Å²) in [4.78, 5) is 27.4. The Bertz CT molecular complexity index is 1010. The summed E-state index contributed by atoms with van der Waals surface area (Å²) in [7, 11) is 0. The number of aromatic amines is 1. The molecule has 0 fully saturated rings. The van der Waals surface area contributed by atoms with Crippen molar-refractivity contribution >= 4 is 34.4 Å². The summed E-state index contributed by atoms with van der Waals surface area (Å²) < 4.78 is 5.24. The number of halogens is 1. The predicted octanol–water partition coefficient (Wildman–Crippen LogP) is 3.96. The molecule has 2 aromatic carbocycles. The monoisotopic (exact) mass is 382 g/mol. The van der Waals surface area contributed by atoms with Crippen LogP contribution in [0.5, 0.6) is 5.75 Å². The summed E-state index contributed by atoms with van der Waals surface area (Å²) in [5.74, 6) is 0.0566. The Balaban J connectivity index is 1.36. The predicted molar refractivity (Wildman–Crippen MR) is 104 cm³/mol. The Morgan fingerprint density at radius 3 is 3.00 bits per heavy atom. The van der Waals surface area contributed by atoms with Gasteiger partial charge in [0.15, 0.2) is 0 Å². The number of H-pyrrole nitrogens is 1. The third-order valence-corrected chi connectivity index (χ3v) is 5.11. The molecule has 4 rings (SSSR count). The summed E-state index contributed by atoms with van der Waals surface area (Å²) in [6, 6.07) is 13.1. The number of amides is 1. The zero-order valence-electron chi connectivity index (χ0n) is 14.6. The first kappa shape index (κ1) is 17.6. The number of esters is 1.